The average molecular weight is 336 g/mol. The first kappa shape index (κ1) is 15.6. The van der Waals surface area contributed by atoms with Crippen LogP contribution in [-0.2, 0) is 20.1 Å². The van der Waals surface area contributed by atoms with Gasteiger partial charge in [0, 0.05) is 23.0 Å². The molecule has 6 heteroatoms. The van der Waals surface area contributed by atoms with Gasteiger partial charge in [-0.25, -0.2) is 0 Å². The smallest absolute Gasteiger partial charge is 0.296 e. The normalized spacial score (nSPS) is 17.6. The maximum absolute atomic E-state index is 12.7. The molecule has 0 bridgehead atoms. The predicted molar refractivity (Wildman–Crippen MR) is 92.1 cm³/mol. The van der Waals surface area contributed by atoms with Crippen molar-refractivity contribution in [2.45, 2.75) is 5.79 Å². The molecule has 1 saturated heterocycles. The molecule has 0 saturated carbocycles. The van der Waals surface area contributed by atoms with E-state index in [-0.39, 0.29) is 11.8 Å². The number of rotatable bonds is 3. The van der Waals surface area contributed by atoms with Gasteiger partial charge >= 0.3 is 0 Å². The van der Waals surface area contributed by atoms with E-state index in [1.54, 1.807) is 42.5 Å². The van der Waals surface area contributed by atoms with Crippen LogP contribution >= 0.6 is 0 Å². The fourth-order valence-electron chi connectivity index (χ4n) is 3.14. The summed E-state index contributed by atoms with van der Waals surface area (Å²) in [6.07, 6.45) is 1.43. The van der Waals surface area contributed by atoms with Gasteiger partial charge in [0.2, 0.25) is 0 Å². The monoisotopic (exact) mass is 336 g/mol. The third-order valence-electron chi connectivity index (χ3n) is 4.28. The lowest BCUT2D eigenvalue weighted by Gasteiger charge is -2.20. The zero-order valence-electron chi connectivity index (χ0n) is 13.4. The van der Waals surface area contributed by atoms with E-state index in [0.29, 0.717) is 35.7 Å². The predicted octanol–water partition coefficient (Wildman–Crippen LogP) is 2.63. The number of hydrogen-bond acceptors (Lipinski definition) is 4. The summed E-state index contributed by atoms with van der Waals surface area (Å²) >= 11 is 0. The lowest BCUT2D eigenvalue weighted by atomic mass is 10.1. The van der Waals surface area contributed by atoms with Gasteiger partial charge in [-0.15, -0.1) is 0 Å². The fraction of sp³-hybridized carbons (Fsp3) is 0.158. The number of benzene rings is 2. The van der Waals surface area contributed by atoms with E-state index in [2.05, 4.69) is 11.9 Å². The van der Waals surface area contributed by atoms with Crippen LogP contribution < -0.4 is 10.2 Å². The summed E-state index contributed by atoms with van der Waals surface area (Å²) in [5, 5.41) is 2.84. The van der Waals surface area contributed by atoms with Gasteiger partial charge in [0.05, 0.1) is 18.9 Å². The molecule has 2 heterocycles. The van der Waals surface area contributed by atoms with Gasteiger partial charge in [-0.1, -0.05) is 24.8 Å². The van der Waals surface area contributed by atoms with Crippen molar-refractivity contribution in [2.75, 3.05) is 23.4 Å². The molecular weight excluding hydrogens is 320 g/mol. The Kier molecular flexibility index (Phi) is 3.63. The first-order valence-electron chi connectivity index (χ1n) is 7.91. The zero-order valence-corrected chi connectivity index (χ0v) is 13.4. The van der Waals surface area contributed by atoms with E-state index in [0.717, 1.165) is 0 Å². The van der Waals surface area contributed by atoms with Crippen LogP contribution in [-0.4, -0.2) is 25.0 Å². The van der Waals surface area contributed by atoms with Gasteiger partial charge < -0.3 is 14.8 Å². The third-order valence-corrected chi connectivity index (χ3v) is 4.28. The zero-order chi connectivity index (χ0) is 17.4. The second kappa shape index (κ2) is 5.84. The Hall–Kier alpha value is -2.96. The van der Waals surface area contributed by atoms with Crippen molar-refractivity contribution in [1.29, 1.82) is 0 Å². The molecule has 2 aliphatic heterocycles. The van der Waals surface area contributed by atoms with Crippen molar-refractivity contribution < 1.29 is 19.1 Å². The molecule has 25 heavy (non-hydrogen) atoms. The van der Waals surface area contributed by atoms with Crippen molar-refractivity contribution in [3.63, 3.8) is 0 Å². The Balaban J connectivity index is 1.70. The van der Waals surface area contributed by atoms with Gasteiger partial charge in [-0.05, 0) is 30.3 Å². The van der Waals surface area contributed by atoms with Crippen molar-refractivity contribution in [1.82, 2.24) is 0 Å². The van der Waals surface area contributed by atoms with E-state index >= 15 is 0 Å². The molecular formula is C19H16N2O4. The molecule has 126 valence electrons. The molecule has 2 aromatic carbocycles. The average Bonchev–Trinajstić information content (AvgIpc) is 3.22. The van der Waals surface area contributed by atoms with Crippen molar-refractivity contribution in [3.8, 4) is 0 Å². The second-order valence-electron chi connectivity index (χ2n) is 5.72. The topological polar surface area (TPSA) is 67.9 Å². The van der Waals surface area contributed by atoms with Gasteiger partial charge in [-0.3, -0.25) is 14.5 Å². The molecule has 2 aromatic rings. The molecule has 0 aromatic heterocycles. The highest BCUT2D eigenvalue weighted by Crippen LogP contribution is 2.46. The van der Waals surface area contributed by atoms with Crippen LogP contribution in [0, 0.1) is 0 Å². The summed E-state index contributed by atoms with van der Waals surface area (Å²) in [6, 6.07) is 14.1. The maximum Gasteiger partial charge on any atom is 0.296 e. The van der Waals surface area contributed by atoms with Gasteiger partial charge in [0.1, 0.15) is 0 Å². The number of carbonyl (C=O) groups is 2. The molecule has 2 amide bonds. The van der Waals surface area contributed by atoms with Crippen molar-refractivity contribution >= 4 is 23.2 Å². The number of amides is 2. The highest BCUT2D eigenvalue weighted by molar-refractivity contribution is 6.09. The van der Waals surface area contributed by atoms with E-state index < -0.39 is 5.79 Å². The number of nitrogens with one attached hydrogen (secondary N) is 1. The lowest BCUT2D eigenvalue weighted by Crippen LogP contribution is -2.38. The Bertz CT molecular complexity index is 857. The van der Waals surface area contributed by atoms with Crippen molar-refractivity contribution in [2.24, 2.45) is 0 Å². The van der Waals surface area contributed by atoms with E-state index in [4.69, 9.17) is 9.47 Å². The van der Waals surface area contributed by atoms with Crippen LogP contribution in [0.4, 0.5) is 11.4 Å². The number of carbonyl (C=O) groups excluding carboxylic acids is 2. The number of fused-ring (bicyclic) bond motifs is 2. The Morgan fingerprint density at radius 1 is 1.16 bits per heavy atom. The number of anilines is 2. The van der Waals surface area contributed by atoms with E-state index in [9.17, 15) is 9.59 Å². The van der Waals surface area contributed by atoms with Crippen LogP contribution in [0.1, 0.15) is 15.9 Å². The maximum atomic E-state index is 12.7. The van der Waals surface area contributed by atoms with Gasteiger partial charge in [0.25, 0.3) is 17.6 Å². The largest absolute Gasteiger partial charge is 0.336 e. The standard InChI is InChI=1S/C19H16N2O4/c1-2-21-16-9-8-14(20-17(22)13-6-4-3-5-7-13)12-15(16)19(18(21)23)24-10-11-25-19/h2-9,12H,1,10-11H2,(H,20,22). The first-order valence-corrected chi connectivity index (χ1v) is 7.91. The minimum absolute atomic E-state index is 0.229. The minimum atomic E-state index is -1.45. The Labute approximate surface area is 144 Å². The SMILES string of the molecule is C=CN1C(=O)C2(OCCO2)c2cc(NC(=O)c3ccccc3)ccc21. The molecule has 0 radical (unpaired) electrons. The Morgan fingerprint density at radius 3 is 2.56 bits per heavy atom. The molecule has 4 rings (SSSR count). The number of ether oxygens (including phenoxy) is 2. The summed E-state index contributed by atoms with van der Waals surface area (Å²) < 4.78 is 11.3. The van der Waals surface area contributed by atoms with Crippen molar-refractivity contribution in [3.05, 3.63) is 72.4 Å². The number of hydrogen-bond donors (Lipinski definition) is 1. The summed E-state index contributed by atoms with van der Waals surface area (Å²) in [5.74, 6) is -2.01. The molecule has 0 unspecified atom stereocenters. The molecule has 0 atom stereocenters. The quantitative estimate of drug-likeness (QED) is 0.936. The first-order chi connectivity index (χ1) is 12.2. The van der Waals surface area contributed by atoms with E-state index in [1.807, 2.05) is 6.07 Å². The van der Waals surface area contributed by atoms with Crippen LogP contribution in [0.15, 0.2) is 61.3 Å². The molecule has 6 nitrogen and oxygen atoms in total. The van der Waals surface area contributed by atoms with E-state index in [1.165, 1.54) is 11.1 Å². The molecule has 2 aliphatic rings. The van der Waals surface area contributed by atoms with Crippen LogP contribution in [0.25, 0.3) is 0 Å². The van der Waals surface area contributed by atoms with Crippen LogP contribution in [0.5, 0.6) is 0 Å². The fourth-order valence-corrected chi connectivity index (χ4v) is 3.14. The lowest BCUT2D eigenvalue weighted by molar-refractivity contribution is -0.180. The van der Waals surface area contributed by atoms with Gasteiger partial charge in [0.15, 0.2) is 0 Å². The highest BCUT2D eigenvalue weighted by atomic mass is 16.7. The Morgan fingerprint density at radius 2 is 1.88 bits per heavy atom. The summed E-state index contributed by atoms with van der Waals surface area (Å²) in [7, 11) is 0. The summed E-state index contributed by atoms with van der Waals surface area (Å²) in [6.45, 7) is 4.34. The molecule has 0 aliphatic carbocycles. The molecule has 1 spiro atoms. The number of nitrogens with zero attached hydrogens (tertiary/aromatic N) is 1. The second-order valence-corrected chi connectivity index (χ2v) is 5.72. The molecule has 1 N–H and O–H groups in total. The summed E-state index contributed by atoms with van der Waals surface area (Å²) in [4.78, 5) is 26.4. The summed E-state index contributed by atoms with van der Waals surface area (Å²) in [5.41, 5.74) is 2.32. The minimum Gasteiger partial charge on any atom is -0.336 e. The van der Waals surface area contributed by atoms with Gasteiger partial charge in [-0.2, -0.15) is 0 Å². The van der Waals surface area contributed by atoms with Crippen LogP contribution in [0.3, 0.4) is 0 Å². The molecule has 1 fully saturated rings. The third kappa shape index (κ3) is 2.34. The van der Waals surface area contributed by atoms with Crippen LogP contribution in [0.2, 0.25) is 0 Å². The highest BCUT2D eigenvalue weighted by Gasteiger charge is 2.55.